The van der Waals surface area contributed by atoms with Gasteiger partial charge in [0, 0.05) is 32.6 Å². The first kappa shape index (κ1) is 18.1. The zero-order chi connectivity index (χ0) is 18.0. The Morgan fingerprint density at radius 1 is 1.36 bits per heavy atom. The Hall–Kier alpha value is -1.68. The number of carbonyl (C=O) groups excluding carboxylic acids is 1. The van der Waals surface area contributed by atoms with Gasteiger partial charge in [-0.15, -0.1) is 0 Å². The third-order valence-electron chi connectivity index (χ3n) is 4.36. The quantitative estimate of drug-likeness (QED) is 0.738. The van der Waals surface area contributed by atoms with Crippen molar-refractivity contribution in [2.45, 2.75) is 24.3 Å². The third kappa shape index (κ3) is 4.30. The van der Waals surface area contributed by atoms with Crippen LogP contribution in [0.4, 0.5) is 0 Å². The molecule has 2 aliphatic rings. The number of ether oxygens (including phenoxy) is 2. The van der Waals surface area contributed by atoms with Gasteiger partial charge in [-0.1, -0.05) is 0 Å². The second-order valence-electron chi connectivity index (χ2n) is 6.35. The van der Waals surface area contributed by atoms with Gasteiger partial charge < -0.3 is 14.8 Å². The highest BCUT2D eigenvalue weighted by Gasteiger charge is 2.28. The van der Waals surface area contributed by atoms with Crippen molar-refractivity contribution in [1.29, 1.82) is 0 Å². The maximum Gasteiger partial charge on any atom is 0.255 e. The highest BCUT2D eigenvalue weighted by atomic mass is 32.2. The van der Waals surface area contributed by atoms with Crippen LogP contribution in [0.5, 0.6) is 5.75 Å². The van der Waals surface area contributed by atoms with Gasteiger partial charge in [-0.25, -0.2) is 13.6 Å². The number of nitrogens with zero attached hydrogens (tertiary/aromatic N) is 1. The Morgan fingerprint density at radius 2 is 2.08 bits per heavy atom. The maximum absolute atomic E-state index is 12.6. The van der Waals surface area contributed by atoms with Crippen LogP contribution in [0, 0.1) is 0 Å². The Bertz CT molecular complexity index is 759. The molecule has 1 amide bonds. The van der Waals surface area contributed by atoms with Crippen LogP contribution in [0.3, 0.4) is 0 Å². The lowest BCUT2D eigenvalue weighted by Crippen LogP contribution is -2.41. The number of amides is 1. The third-order valence-corrected chi connectivity index (χ3v) is 5.25. The van der Waals surface area contributed by atoms with Crippen LogP contribution in [0.25, 0.3) is 0 Å². The van der Waals surface area contributed by atoms with Crippen molar-refractivity contribution in [1.82, 2.24) is 10.2 Å². The SMILES string of the molecule is CC1Cc2cc(S(N)(=O)=O)cc(C(=O)NCCN3CCOCC3)c2O1. The fourth-order valence-electron chi connectivity index (χ4n) is 3.08. The van der Waals surface area contributed by atoms with Crippen LogP contribution in [0.2, 0.25) is 0 Å². The van der Waals surface area contributed by atoms with E-state index in [2.05, 4.69) is 10.2 Å². The van der Waals surface area contributed by atoms with Crippen molar-refractivity contribution in [3.63, 3.8) is 0 Å². The molecule has 138 valence electrons. The molecule has 8 nitrogen and oxygen atoms in total. The number of nitrogens with one attached hydrogen (secondary N) is 1. The van der Waals surface area contributed by atoms with E-state index in [1.165, 1.54) is 12.1 Å². The molecule has 0 aliphatic carbocycles. The molecule has 3 rings (SSSR count). The monoisotopic (exact) mass is 369 g/mol. The second kappa shape index (κ2) is 7.28. The smallest absolute Gasteiger partial charge is 0.255 e. The zero-order valence-electron chi connectivity index (χ0n) is 14.2. The number of carbonyl (C=O) groups is 1. The van der Waals surface area contributed by atoms with Gasteiger partial charge >= 0.3 is 0 Å². The van der Waals surface area contributed by atoms with Gasteiger partial charge in [-0.3, -0.25) is 9.69 Å². The van der Waals surface area contributed by atoms with Crippen molar-refractivity contribution >= 4 is 15.9 Å². The summed E-state index contributed by atoms with van der Waals surface area (Å²) in [5.41, 5.74) is 0.908. The molecule has 25 heavy (non-hydrogen) atoms. The first-order chi connectivity index (χ1) is 11.8. The largest absolute Gasteiger partial charge is 0.489 e. The molecule has 1 saturated heterocycles. The molecule has 2 aliphatic heterocycles. The Morgan fingerprint density at radius 3 is 2.76 bits per heavy atom. The molecular formula is C16H23N3O5S. The van der Waals surface area contributed by atoms with E-state index in [0.717, 1.165) is 13.1 Å². The van der Waals surface area contributed by atoms with Crippen LogP contribution in [-0.4, -0.2) is 64.7 Å². The lowest BCUT2D eigenvalue weighted by atomic mass is 10.1. The minimum Gasteiger partial charge on any atom is -0.489 e. The zero-order valence-corrected chi connectivity index (χ0v) is 15.0. The van der Waals surface area contributed by atoms with Gasteiger partial charge in [-0.05, 0) is 24.6 Å². The van der Waals surface area contributed by atoms with Crippen molar-refractivity contribution < 1.29 is 22.7 Å². The minimum atomic E-state index is -3.89. The van der Waals surface area contributed by atoms with Crippen LogP contribution >= 0.6 is 0 Å². The van der Waals surface area contributed by atoms with E-state index in [1.807, 2.05) is 6.92 Å². The highest BCUT2D eigenvalue weighted by molar-refractivity contribution is 7.89. The number of sulfonamides is 1. The van der Waals surface area contributed by atoms with Gasteiger partial charge in [0.15, 0.2) is 0 Å². The van der Waals surface area contributed by atoms with Crippen LogP contribution in [-0.2, 0) is 21.2 Å². The van der Waals surface area contributed by atoms with Gasteiger partial charge in [0.05, 0.1) is 23.7 Å². The average molecular weight is 369 g/mol. The summed E-state index contributed by atoms with van der Waals surface area (Å²) in [5.74, 6) is 0.0906. The standard InChI is InChI=1S/C16H23N3O5S/c1-11-8-12-9-13(25(17,21)22)10-14(15(12)24-11)16(20)18-2-3-19-4-6-23-7-5-19/h9-11H,2-8H2,1H3,(H,18,20)(H2,17,21,22). The van der Waals surface area contributed by atoms with Gasteiger partial charge in [0.2, 0.25) is 10.0 Å². The molecule has 0 saturated carbocycles. The second-order valence-corrected chi connectivity index (χ2v) is 7.91. The van der Waals surface area contributed by atoms with E-state index in [4.69, 9.17) is 14.6 Å². The molecular weight excluding hydrogens is 346 g/mol. The van der Waals surface area contributed by atoms with E-state index in [9.17, 15) is 13.2 Å². The normalized spacial score (nSPS) is 20.8. The topological polar surface area (TPSA) is 111 Å². The van der Waals surface area contributed by atoms with E-state index in [1.54, 1.807) is 0 Å². The number of benzene rings is 1. The number of nitrogens with two attached hydrogens (primary N) is 1. The molecule has 1 aromatic carbocycles. The van der Waals surface area contributed by atoms with Crippen LogP contribution < -0.4 is 15.2 Å². The molecule has 3 N–H and O–H groups in total. The van der Waals surface area contributed by atoms with E-state index in [0.29, 0.717) is 44.0 Å². The number of primary sulfonamides is 1. The summed E-state index contributed by atoms with van der Waals surface area (Å²) in [6, 6.07) is 2.77. The Labute approximate surface area is 147 Å². The predicted octanol–water partition coefficient (Wildman–Crippen LogP) is -0.281. The molecule has 1 fully saturated rings. The first-order valence-corrected chi connectivity index (χ1v) is 9.84. The highest BCUT2D eigenvalue weighted by Crippen LogP contribution is 2.34. The van der Waals surface area contributed by atoms with Gasteiger partial charge in [-0.2, -0.15) is 0 Å². The van der Waals surface area contributed by atoms with E-state index < -0.39 is 10.0 Å². The maximum atomic E-state index is 12.6. The van der Waals surface area contributed by atoms with Gasteiger partial charge in [0.25, 0.3) is 5.91 Å². The minimum absolute atomic E-state index is 0.0673. The lowest BCUT2D eigenvalue weighted by Gasteiger charge is -2.26. The number of rotatable bonds is 5. The molecule has 0 aromatic heterocycles. The van der Waals surface area contributed by atoms with Crippen molar-refractivity contribution in [2.24, 2.45) is 5.14 Å². The number of hydrogen-bond acceptors (Lipinski definition) is 6. The summed E-state index contributed by atoms with van der Waals surface area (Å²) in [4.78, 5) is 14.7. The lowest BCUT2D eigenvalue weighted by molar-refractivity contribution is 0.0383. The number of fused-ring (bicyclic) bond motifs is 1. The molecule has 0 radical (unpaired) electrons. The van der Waals surface area contributed by atoms with E-state index >= 15 is 0 Å². The molecule has 9 heteroatoms. The summed E-state index contributed by atoms with van der Waals surface area (Å²) in [5, 5.41) is 8.07. The summed E-state index contributed by atoms with van der Waals surface area (Å²) in [6.07, 6.45) is 0.442. The summed E-state index contributed by atoms with van der Waals surface area (Å²) >= 11 is 0. The van der Waals surface area contributed by atoms with Gasteiger partial charge in [0.1, 0.15) is 11.9 Å². The summed E-state index contributed by atoms with van der Waals surface area (Å²) < 4.78 is 34.4. The molecule has 0 bridgehead atoms. The number of hydrogen-bond donors (Lipinski definition) is 2. The molecule has 1 aromatic rings. The molecule has 2 heterocycles. The Balaban J connectivity index is 1.74. The summed E-state index contributed by atoms with van der Waals surface area (Å²) in [7, 11) is -3.89. The number of morpholine rings is 1. The first-order valence-electron chi connectivity index (χ1n) is 8.29. The molecule has 0 spiro atoms. The van der Waals surface area contributed by atoms with Crippen LogP contribution in [0.15, 0.2) is 17.0 Å². The van der Waals surface area contributed by atoms with Crippen LogP contribution in [0.1, 0.15) is 22.8 Å². The fourth-order valence-corrected chi connectivity index (χ4v) is 3.67. The molecule has 1 unspecified atom stereocenters. The predicted molar refractivity (Wildman–Crippen MR) is 91.2 cm³/mol. The fraction of sp³-hybridized carbons (Fsp3) is 0.562. The van der Waals surface area contributed by atoms with Crippen molar-refractivity contribution in [3.05, 3.63) is 23.3 Å². The Kier molecular flexibility index (Phi) is 5.28. The molecule has 1 atom stereocenters. The van der Waals surface area contributed by atoms with E-state index in [-0.39, 0.29) is 22.5 Å². The summed E-state index contributed by atoms with van der Waals surface area (Å²) in [6.45, 7) is 6.12. The van der Waals surface area contributed by atoms with Crippen molar-refractivity contribution in [3.8, 4) is 5.75 Å². The van der Waals surface area contributed by atoms with Crippen molar-refractivity contribution in [2.75, 3.05) is 39.4 Å². The average Bonchev–Trinajstić information content (AvgIpc) is 2.94.